The van der Waals surface area contributed by atoms with Crippen LogP contribution >= 0.6 is 0 Å². The Morgan fingerprint density at radius 2 is 1.18 bits per heavy atom. The summed E-state index contributed by atoms with van der Waals surface area (Å²) >= 11 is 0. The zero-order chi connectivity index (χ0) is 19.8. The molecule has 0 saturated heterocycles. The summed E-state index contributed by atoms with van der Waals surface area (Å²) in [5, 5.41) is 0. The third-order valence-corrected chi connectivity index (χ3v) is 5.25. The molecule has 0 saturated carbocycles. The monoisotopic (exact) mass is 374 g/mol. The molecule has 3 aromatic rings. The first-order chi connectivity index (χ1) is 13.7. The second-order valence-electron chi connectivity index (χ2n) is 7.23. The van der Waals surface area contributed by atoms with Crippen LogP contribution in [0.1, 0.15) is 41.5 Å². The minimum Gasteiger partial charge on any atom is -0.496 e. The van der Waals surface area contributed by atoms with Gasteiger partial charge in [-0.15, -0.1) is 0 Å². The molecule has 0 heterocycles. The lowest BCUT2D eigenvalue weighted by molar-refractivity contribution is 0.383. The highest BCUT2D eigenvalue weighted by Gasteiger charge is 2.19. The Morgan fingerprint density at radius 1 is 0.714 bits per heavy atom. The Morgan fingerprint density at radius 3 is 1.57 bits per heavy atom. The van der Waals surface area contributed by atoms with E-state index in [0.29, 0.717) is 5.92 Å². The van der Waals surface area contributed by atoms with Crippen LogP contribution in [0.4, 0.5) is 0 Å². The van der Waals surface area contributed by atoms with Gasteiger partial charge in [-0.2, -0.15) is 0 Å². The third kappa shape index (κ3) is 4.95. The van der Waals surface area contributed by atoms with Crippen LogP contribution in [0, 0.1) is 0 Å². The van der Waals surface area contributed by atoms with Gasteiger partial charge >= 0.3 is 0 Å². The quantitative estimate of drug-likeness (QED) is 0.442. The lowest BCUT2D eigenvalue weighted by Crippen LogP contribution is -2.09. The third-order valence-electron chi connectivity index (χ3n) is 5.25. The van der Waals surface area contributed by atoms with Crippen LogP contribution in [0.2, 0.25) is 0 Å². The zero-order valence-electron chi connectivity index (χ0n) is 17.2. The summed E-state index contributed by atoms with van der Waals surface area (Å²) in [6.07, 6.45) is 3.97. The second-order valence-corrected chi connectivity index (χ2v) is 7.23. The van der Waals surface area contributed by atoms with Gasteiger partial charge < -0.3 is 9.47 Å². The zero-order valence-corrected chi connectivity index (χ0v) is 17.2. The van der Waals surface area contributed by atoms with Crippen molar-refractivity contribution in [2.75, 3.05) is 14.2 Å². The van der Waals surface area contributed by atoms with Gasteiger partial charge in [0, 0.05) is 5.56 Å². The van der Waals surface area contributed by atoms with Gasteiger partial charge in [0.05, 0.1) is 14.2 Å². The predicted molar refractivity (Wildman–Crippen MR) is 117 cm³/mol. The fraction of sp³-hybridized carbons (Fsp3) is 0.308. The topological polar surface area (TPSA) is 18.5 Å². The Hall–Kier alpha value is -2.74. The first-order valence-electron chi connectivity index (χ1n) is 10.1. The van der Waals surface area contributed by atoms with E-state index in [1.807, 2.05) is 0 Å². The Kier molecular flexibility index (Phi) is 7.13. The maximum atomic E-state index is 5.75. The highest BCUT2D eigenvalue weighted by molar-refractivity contribution is 5.49. The SMILES string of the molecule is CCCc1c(OC)cc(C(Cc2ccccc2)Cc2ccccc2)cc1OC. The van der Waals surface area contributed by atoms with Gasteiger partial charge in [-0.1, -0.05) is 74.0 Å². The summed E-state index contributed by atoms with van der Waals surface area (Å²) < 4.78 is 11.5. The molecule has 0 spiro atoms. The van der Waals surface area contributed by atoms with Crippen molar-refractivity contribution in [3.63, 3.8) is 0 Å². The van der Waals surface area contributed by atoms with Crippen LogP contribution < -0.4 is 9.47 Å². The highest BCUT2D eigenvalue weighted by Crippen LogP contribution is 2.36. The van der Waals surface area contributed by atoms with Crippen molar-refractivity contribution in [1.82, 2.24) is 0 Å². The molecule has 0 N–H and O–H groups in total. The van der Waals surface area contributed by atoms with Gasteiger partial charge in [0.1, 0.15) is 11.5 Å². The maximum absolute atomic E-state index is 5.75. The van der Waals surface area contributed by atoms with Crippen molar-refractivity contribution >= 4 is 0 Å². The van der Waals surface area contributed by atoms with Crippen LogP contribution in [0.25, 0.3) is 0 Å². The van der Waals surface area contributed by atoms with Crippen molar-refractivity contribution in [3.8, 4) is 11.5 Å². The molecule has 0 fully saturated rings. The molecule has 28 heavy (non-hydrogen) atoms. The molecule has 146 valence electrons. The van der Waals surface area contributed by atoms with E-state index in [2.05, 4.69) is 79.7 Å². The Labute approximate surface area is 169 Å². The number of rotatable bonds is 9. The highest BCUT2D eigenvalue weighted by atomic mass is 16.5. The van der Waals surface area contributed by atoms with Gasteiger partial charge in [0.15, 0.2) is 0 Å². The molecule has 0 amide bonds. The molecule has 0 aromatic heterocycles. The largest absolute Gasteiger partial charge is 0.496 e. The molecule has 0 radical (unpaired) electrons. The molecule has 0 aliphatic heterocycles. The van der Waals surface area contributed by atoms with Gasteiger partial charge in [-0.25, -0.2) is 0 Å². The van der Waals surface area contributed by atoms with E-state index in [1.165, 1.54) is 16.7 Å². The molecule has 0 aliphatic carbocycles. The van der Waals surface area contributed by atoms with E-state index in [-0.39, 0.29) is 0 Å². The summed E-state index contributed by atoms with van der Waals surface area (Å²) in [4.78, 5) is 0. The van der Waals surface area contributed by atoms with Crippen molar-refractivity contribution in [2.45, 2.75) is 38.5 Å². The molecule has 3 aromatic carbocycles. The molecule has 0 bridgehead atoms. The van der Waals surface area contributed by atoms with E-state index in [1.54, 1.807) is 14.2 Å². The van der Waals surface area contributed by atoms with Gasteiger partial charge in [-0.3, -0.25) is 0 Å². The summed E-state index contributed by atoms with van der Waals surface area (Å²) in [6, 6.07) is 25.8. The number of ether oxygens (including phenoxy) is 2. The summed E-state index contributed by atoms with van der Waals surface area (Å²) in [5.41, 5.74) is 5.12. The van der Waals surface area contributed by atoms with Crippen LogP contribution in [-0.2, 0) is 19.3 Å². The molecule has 0 unspecified atom stereocenters. The molecule has 3 rings (SSSR count). The van der Waals surface area contributed by atoms with Crippen molar-refractivity contribution in [1.29, 1.82) is 0 Å². The molecule has 0 aliphatic rings. The van der Waals surface area contributed by atoms with Gasteiger partial charge in [0.25, 0.3) is 0 Å². The van der Waals surface area contributed by atoms with Crippen LogP contribution in [-0.4, -0.2) is 14.2 Å². The fourth-order valence-electron chi connectivity index (χ4n) is 3.84. The molecule has 0 atom stereocenters. The normalized spacial score (nSPS) is 10.9. The second kappa shape index (κ2) is 9.98. The number of hydrogen-bond donors (Lipinski definition) is 0. The van der Waals surface area contributed by atoms with Crippen LogP contribution in [0.3, 0.4) is 0 Å². The van der Waals surface area contributed by atoms with E-state index < -0.39 is 0 Å². The average Bonchev–Trinajstić information content (AvgIpc) is 2.75. The molecular weight excluding hydrogens is 344 g/mol. The molecular formula is C26H30O2. The maximum Gasteiger partial charge on any atom is 0.126 e. The van der Waals surface area contributed by atoms with Gasteiger partial charge in [-0.05, 0) is 54.0 Å². The summed E-state index contributed by atoms with van der Waals surface area (Å²) in [7, 11) is 3.50. The standard InChI is InChI=1S/C26H30O2/c1-4-11-24-25(27-2)18-23(19-26(24)28-3)22(16-20-12-7-5-8-13-20)17-21-14-9-6-10-15-21/h5-10,12-15,18-19,22H,4,11,16-17H2,1-3H3. The Bertz CT molecular complexity index is 790. The minimum atomic E-state index is 0.350. The van der Waals surface area contributed by atoms with E-state index in [9.17, 15) is 0 Å². The van der Waals surface area contributed by atoms with Crippen LogP contribution in [0.15, 0.2) is 72.8 Å². The lowest BCUT2D eigenvalue weighted by atomic mass is 9.85. The van der Waals surface area contributed by atoms with E-state index in [4.69, 9.17) is 9.47 Å². The van der Waals surface area contributed by atoms with Crippen LogP contribution in [0.5, 0.6) is 11.5 Å². The fourth-order valence-corrected chi connectivity index (χ4v) is 3.84. The first-order valence-corrected chi connectivity index (χ1v) is 10.1. The number of hydrogen-bond acceptors (Lipinski definition) is 2. The first kappa shape index (κ1) is 20.0. The number of benzene rings is 3. The molecule has 2 nitrogen and oxygen atoms in total. The Balaban J connectivity index is 2.00. The van der Waals surface area contributed by atoms with Gasteiger partial charge in [0.2, 0.25) is 0 Å². The number of methoxy groups -OCH3 is 2. The summed E-state index contributed by atoms with van der Waals surface area (Å²) in [6.45, 7) is 2.18. The predicted octanol–water partition coefficient (Wildman–Crippen LogP) is 6.23. The van der Waals surface area contributed by atoms with E-state index in [0.717, 1.165) is 42.7 Å². The minimum absolute atomic E-state index is 0.350. The smallest absolute Gasteiger partial charge is 0.126 e. The van der Waals surface area contributed by atoms with E-state index >= 15 is 0 Å². The van der Waals surface area contributed by atoms with Crippen molar-refractivity contribution < 1.29 is 9.47 Å². The molecule has 2 heteroatoms. The van der Waals surface area contributed by atoms with Crippen molar-refractivity contribution in [3.05, 3.63) is 95.1 Å². The lowest BCUT2D eigenvalue weighted by Gasteiger charge is -2.22. The van der Waals surface area contributed by atoms with Crippen molar-refractivity contribution in [2.24, 2.45) is 0 Å². The summed E-state index contributed by atoms with van der Waals surface area (Å²) in [5.74, 6) is 2.22. The average molecular weight is 375 g/mol.